The van der Waals surface area contributed by atoms with Gasteiger partial charge in [0.2, 0.25) is 0 Å². The van der Waals surface area contributed by atoms with Crippen molar-refractivity contribution in [2.75, 3.05) is 0 Å². The van der Waals surface area contributed by atoms with E-state index in [1.54, 1.807) is 12.3 Å². The van der Waals surface area contributed by atoms with Crippen molar-refractivity contribution in [2.45, 2.75) is 33.0 Å². The van der Waals surface area contributed by atoms with Crippen molar-refractivity contribution in [2.24, 2.45) is 0 Å². The lowest BCUT2D eigenvalue weighted by Gasteiger charge is -2.05. The monoisotopic (exact) mass is 341 g/mol. The minimum Gasteiger partial charge on any atom is -0.486 e. The van der Waals surface area contributed by atoms with E-state index in [9.17, 15) is 4.39 Å². The molecule has 1 aromatic carbocycles. The average Bonchev–Trinajstić information content (AvgIpc) is 2.81. The van der Waals surface area contributed by atoms with Crippen LogP contribution in [0.4, 0.5) is 4.39 Å². The molecule has 0 unspecified atom stereocenters. The Balaban J connectivity index is 1.90. The fourth-order valence-corrected chi connectivity index (χ4v) is 2.13. The zero-order valence-corrected chi connectivity index (χ0v) is 13.0. The van der Waals surface area contributed by atoms with Crippen LogP contribution in [0.5, 0.6) is 5.75 Å². The molecule has 0 spiro atoms. The van der Waals surface area contributed by atoms with Crippen LogP contribution in [-0.4, -0.2) is 6.04 Å². The molecule has 2 aromatic rings. The van der Waals surface area contributed by atoms with Crippen LogP contribution < -0.4 is 10.1 Å². The third-order valence-electron chi connectivity index (χ3n) is 2.64. The van der Waals surface area contributed by atoms with Crippen molar-refractivity contribution in [3.63, 3.8) is 0 Å². The lowest BCUT2D eigenvalue weighted by molar-refractivity contribution is 0.269. The molecule has 1 aromatic heterocycles. The van der Waals surface area contributed by atoms with E-state index >= 15 is 0 Å². The van der Waals surface area contributed by atoms with Gasteiger partial charge in [-0.1, -0.05) is 29.8 Å². The Morgan fingerprint density at radius 3 is 2.80 bits per heavy atom. The van der Waals surface area contributed by atoms with Gasteiger partial charge >= 0.3 is 0 Å². The highest BCUT2D eigenvalue weighted by molar-refractivity contribution is 9.10. The van der Waals surface area contributed by atoms with Crippen molar-refractivity contribution >= 4 is 15.9 Å². The predicted octanol–water partition coefficient (Wildman–Crippen LogP) is 4.26. The quantitative estimate of drug-likeness (QED) is 0.852. The maximum atomic E-state index is 13.2. The van der Waals surface area contributed by atoms with Crippen LogP contribution >= 0.6 is 15.9 Å². The number of nitrogens with one attached hydrogen (secondary N) is 1. The standard InChI is InChI=1S/C15H17BrFNO2/c1-10(2)18-7-11-3-15(19-8-11)9-20-14-5-12(16)4-13(17)6-14/h3-6,8,10,18H,7,9H2,1-2H3. The molecule has 0 bridgehead atoms. The van der Waals surface area contributed by atoms with Gasteiger partial charge in [0.15, 0.2) is 0 Å². The Hall–Kier alpha value is -1.33. The van der Waals surface area contributed by atoms with E-state index in [0.717, 1.165) is 12.1 Å². The predicted molar refractivity (Wildman–Crippen MR) is 79.1 cm³/mol. The van der Waals surface area contributed by atoms with Gasteiger partial charge in [-0.3, -0.25) is 0 Å². The van der Waals surface area contributed by atoms with Gasteiger partial charge in [0.25, 0.3) is 0 Å². The number of furan rings is 1. The first kappa shape index (κ1) is 15.1. The number of ether oxygens (including phenoxy) is 1. The first-order valence-electron chi connectivity index (χ1n) is 6.41. The third-order valence-corrected chi connectivity index (χ3v) is 3.10. The van der Waals surface area contributed by atoms with Gasteiger partial charge in [-0.15, -0.1) is 0 Å². The topological polar surface area (TPSA) is 34.4 Å². The largest absolute Gasteiger partial charge is 0.486 e. The van der Waals surface area contributed by atoms with Crippen LogP contribution in [0, 0.1) is 5.82 Å². The van der Waals surface area contributed by atoms with Crippen LogP contribution in [0.15, 0.2) is 39.4 Å². The van der Waals surface area contributed by atoms with E-state index in [-0.39, 0.29) is 12.4 Å². The summed E-state index contributed by atoms with van der Waals surface area (Å²) < 4.78 is 24.8. The van der Waals surface area contributed by atoms with E-state index in [2.05, 4.69) is 35.1 Å². The lowest BCUT2D eigenvalue weighted by atomic mass is 10.3. The molecule has 20 heavy (non-hydrogen) atoms. The second kappa shape index (κ2) is 6.90. The summed E-state index contributed by atoms with van der Waals surface area (Å²) in [6, 6.07) is 6.80. The number of rotatable bonds is 6. The van der Waals surface area contributed by atoms with Gasteiger partial charge in [-0.05, 0) is 18.2 Å². The summed E-state index contributed by atoms with van der Waals surface area (Å²) in [6.07, 6.45) is 1.70. The maximum absolute atomic E-state index is 13.2. The van der Waals surface area contributed by atoms with Crippen LogP contribution in [0.2, 0.25) is 0 Å². The number of hydrogen-bond acceptors (Lipinski definition) is 3. The Kier molecular flexibility index (Phi) is 5.20. The van der Waals surface area contributed by atoms with Gasteiger partial charge in [0, 0.05) is 28.7 Å². The Morgan fingerprint density at radius 2 is 2.10 bits per heavy atom. The van der Waals surface area contributed by atoms with Gasteiger partial charge in [0.05, 0.1) is 6.26 Å². The maximum Gasteiger partial charge on any atom is 0.146 e. The molecule has 3 nitrogen and oxygen atoms in total. The molecule has 0 fully saturated rings. The molecular weight excluding hydrogens is 325 g/mol. The zero-order valence-electron chi connectivity index (χ0n) is 11.5. The Labute approximate surface area is 126 Å². The van der Waals surface area contributed by atoms with Crippen molar-refractivity contribution in [1.29, 1.82) is 0 Å². The molecule has 0 saturated heterocycles. The average molecular weight is 342 g/mol. The zero-order chi connectivity index (χ0) is 14.5. The molecule has 108 valence electrons. The highest BCUT2D eigenvalue weighted by Crippen LogP contribution is 2.21. The van der Waals surface area contributed by atoms with Crippen LogP contribution in [0.3, 0.4) is 0 Å². The summed E-state index contributed by atoms with van der Waals surface area (Å²) in [7, 11) is 0. The second-order valence-electron chi connectivity index (χ2n) is 4.85. The van der Waals surface area contributed by atoms with E-state index in [1.165, 1.54) is 12.1 Å². The molecule has 0 saturated carbocycles. The molecule has 0 aliphatic heterocycles. The first-order chi connectivity index (χ1) is 9.52. The summed E-state index contributed by atoms with van der Waals surface area (Å²) in [6.45, 7) is 5.21. The molecule has 0 radical (unpaired) electrons. The third kappa shape index (κ3) is 4.65. The minimum atomic E-state index is -0.337. The van der Waals surface area contributed by atoms with Gasteiger partial charge in [-0.25, -0.2) is 4.39 Å². The number of hydrogen-bond donors (Lipinski definition) is 1. The number of benzene rings is 1. The highest BCUT2D eigenvalue weighted by atomic mass is 79.9. The van der Waals surface area contributed by atoms with E-state index in [0.29, 0.717) is 22.0 Å². The van der Waals surface area contributed by atoms with Gasteiger partial charge in [0.1, 0.15) is 23.9 Å². The molecule has 0 aliphatic rings. The van der Waals surface area contributed by atoms with E-state index in [1.807, 2.05) is 6.07 Å². The molecule has 0 atom stereocenters. The Bertz CT molecular complexity index is 549. The van der Waals surface area contributed by atoms with Crippen LogP contribution in [0.1, 0.15) is 25.2 Å². The van der Waals surface area contributed by atoms with Crippen molar-refractivity contribution in [3.8, 4) is 5.75 Å². The molecule has 2 rings (SSSR count). The molecule has 1 N–H and O–H groups in total. The van der Waals surface area contributed by atoms with E-state index in [4.69, 9.17) is 9.15 Å². The summed E-state index contributed by atoms with van der Waals surface area (Å²) in [5.41, 5.74) is 1.07. The van der Waals surface area contributed by atoms with Gasteiger partial charge in [-0.2, -0.15) is 0 Å². The Morgan fingerprint density at radius 1 is 1.30 bits per heavy atom. The summed E-state index contributed by atoms with van der Waals surface area (Å²) in [4.78, 5) is 0. The molecular formula is C15H17BrFNO2. The molecule has 0 amide bonds. The smallest absolute Gasteiger partial charge is 0.146 e. The normalized spacial score (nSPS) is 11.1. The lowest BCUT2D eigenvalue weighted by Crippen LogP contribution is -2.21. The fourth-order valence-electron chi connectivity index (χ4n) is 1.68. The van der Waals surface area contributed by atoms with E-state index < -0.39 is 0 Å². The molecule has 1 heterocycles. The molecule has 0 aliphatic carbocycles. The second-order valence-corrected chi connectivity index (χ2v) is 5.77. The summed E-state index contributed by atoms with van der Waals surface area (Å²) in [5.74, 6) is 0.844. The van der Waals surface area contributed by atoms with Gasteiger partial charge < -0.3 is 14.5 Å². The summed E-state index contributed by atoms with van der Waals surface area (Å²) in [5, 5.41) is 3.31. The van der Waals surface area contributed by atoms with Crippen LogP contribution in [0.25, 0.3) is 0 Å². The van der Waals surface area contributed by atoms with Crippen LogP contribution in [-0.2, 0) is 13.2 Å². The fraction of sp³-hybridized carbons (Fsp3) is 0.333. The van der Waals surface area contributed by atoms with Crippen molar-refractivity contribution in [1.82, 2.24) is 5.32 Å². The summed E-state index contributed by atoms with van der Waals surface area (Å²) >= 11 is 3.23. The van der Waals surface area contributed by atoms with Crippen molar-refractivity contribution in [3.05, 3.63) is 52.1 Å². The first-order valence-corrected chi connectivity index (χ1v) is 7.21. The SMILES string of the molecule is CC(C)NCc1coc(COc2cc(F)cc(Br)c2)c1. The minimum absolute atomic E-state index is 0.275. The molecule has 5 heteroatoms. The highest BCUT2D eigenvalue weighted by Gasteiger charge is 2.05. The van der Waals surface area contributed by atoms with Crippen molar-refractivity contribution < 1.29 is 13.5 Å². The number of halogens is 2.